The van der Waals surface area contributed by atoms with Gasteiger partial charge < -0.3 is 20.1 Å². The first-order valence-corrected chi connectivity index (χ1v) is 5.67. The molecule has 0 aliphatic carbocycles. The second-order valence-electron chi connectivity index (χ2n) is 3.59. The van der Waals surface area contributed by atoms with Crippen molar-refractivity contribution in [3.05, 3.63) is 24.3 Å². The molecule has 0 radical (unpaired) electrons. The number of anilines is 1. The van der Waals surface area contributed by atoms with Crippen LogP contribution in [-0.2, 0) is 9.53 Å². The molecule has 0 atom stereocenters. The molecule has 1 aromatic carbocycles. The SMILES string of the molecule is COCCNCC(=O)Nc1ccccc1OC(F)F. The van der Waals surface area contributed by atoms with Crippen molar-refractivity contribution < 1.29 is 23.0 Å². The van der Waals surface area contributed by atoms with Gasteiger partial charge >= 0.3 is 6.61 Å². The Morgan fingerprint density at radius 1 is 1.37 bits per heavy atom. The van der Waals surface area contributed by atoms with Crippen LogP contribution < -0.4 is 15.4 Å². The van der Waals surface area contributed by atoms with Crippen LogP contribution in [0.4, 0.5) is 14.5 Å². The highest BCUT2D eigenvalue weighted by molar-refractivity contribution is 5.93. The lowest BCUT2D eigenvalue weighted by Crippen LogP contribution is -2.30. The molecule has 0 spiro atoms. The maximum absolute atomic E-state index is 12.2. The fourth-order valence-electron chi connectivity index (χ4n) is 1.34. The zero-order valence-corrected chi connectivity index (χ0v) is 10.5. The van der Waals surface area contributed by atoms with Crippen molar-refractivity contribution >= 4 is 11.6 Å². The van der Waals surface area contributed by atoms with Gasteiger partial charge in [0.05, 0.1) is 18.8 Å². The third-order valence-corrected chi connectivity index (χ3v) is 2.15. The van der Waals surface area contributed by atoms with Crippen molar-refractivity contribution in [2.24, 2.45) is 0 Å². The molecule has 0 bridgehead atoms. The fourth-order valence-corrected chi connectivity index (χ4v) is 1.34. The molecule has 1 amide bonds. The van der Waals surface area contributed by atoms with E-state index in [9.17, 15) is 13.6 Å². The number of rotatable bonds is 8. The Morgan fingerprint density at radius 3 is 2.79 bits per heavy atom. The van der Waals surface area contributed by atoms with Crippen LogP contribution in [0.5, 0.6) is 5.75 Å². The summed E-state index contributed by atoms with van der Waals surface area (Å²) in [5.74, 6) is -0.413. The molecule has 0 heterocycles. The molecular weight excluding hydrogens is 258 g/mol. The topological polar surface area (TPSA) is 59.6 Å². The van der Waals surface area contributed by atoms with Gasteiger partial charge in [0, 0.05) is 13.7 Å². The maximum atomic E-state index is 12.2. The van der Waals surface area contributed by atoms with Crippen LogP contribution in [0.15, 0.2) is 24.3 Å². The van der Waals surface area contributed by atoms with E-state index in [2.05, 4.69) is 15.4 Å². The molecule has 0 saturated heterocycles. The molecule has 7 heteroatoms. The molecule has 2 N–H and O–H groups in total. The molecule has 1 aromatic rings. The van der Waals surface area contributed by atoms with E-state index in [-0.39, 0.29) is 23.9 Å². The van der Waals surface area contributed by atoms with Crippen molar-refractivity contribution in [1.29, 1.82) is 0 Å². The van der Waals surface area contributed by atoms with Gasteiger partial charge in [0.1, 0.15) is 5.75 Å². The van der Waals surface area contributed by atoms with E-state index in [0.717, 1.165) is 0 Å². The minimum Gasteiger partial charge on any atom is -0.433 e. The summed E-state index contributed by atoms with van der Waals surface area (Å²) in [6.45, 7) is -1.86. The Kier molecular flexibility index (Phi) is 6.76. The number of ether oxygens (including phenoxy) is 2. The number of carbonyl (C=O) groups is 1. The Morgan fingerprint density at radius 2 is 2.11 bits per heavy atom. The summed E-state index contributed by atoms with van der Waals surface area (Å²) >= 11 is 0. The standard InChI is InChI=1S/C12H16F2N2O3/c1-18-7-6-15-8-11(17)16-9-4-2-3-5-10(9)19-12(13)14/h2-5,12,15H,6-8H2,1H3,(H,16,17). The number of methoxy groups -OCH3 is 1. The van der Waals surface area contributed by atoms with Crippen LogP contribution in [0.3, 0.4) is 0 Å². The van der Waals surface area contributed by atoms with Gasteiger partial charge in [0.2, 0.25) is 5.91 Å². The third kappa shape index (κ3) is 6.12. The second-order valence-corrected chi connectivity index (χ2v) is 3.59. The first-order chi connectivity index (χ1) is 9.13. The van der Waals surface area contributed by atoms with E-state index in [1.807, 2.05) is 0 Å². The quantitative estimate of drug-likeness (QED) is 0.705. The molecule has 0 saturated carbocycles. The molecule has 1 rings (SSSR count). The summed E-state index contributed by atoms with van der Waals surface area (Å²) in [6.07, 6.45) is 0. The predicted molar refractivity (Wildman–Crippen MR) is 66.4 cm³/mol. The van der Waals surface area contributed by atoms with Gasteiger partial charge in [-0.1, -0.05) is 12.1 Å². The fraction of sp³-hybridized carbons (Fsp3) is 0.417. The number of hydrogen-bond donors (Lipinski definition) is 2. The van der Waals surface area contributed by atoms with Gasteiger partial charge in [-0.15, -0.1) is 0 Å². The molecule has 106 valence electrons. The van der Waals surface area contributed by atoms with Gasteiger partial charge in [0.25, 0.3) is 0 Å². The Balaban J connectivity index is 2.49. The van der Waals surface area contributed by atoms with Gasteiger partial charge in [0.15, 0.2) is 0 Å². The molecule has 0 unspecified atom stereocenters. The van der Waals surface area contributed by atoms with Crippen molar-refractivity contribution in [3.8, 4) is 5.75 Å². The first-order valence-electron chi connectivity index (χ1n) is 5.67. The summed E-state index contributed by atoms with van der Waals surface area (Å²) in [6, 6.07) is 6.02. The molecule has 19 heavy (non-hydrogen) atoms. The normalized spacial score (nSPS) is 10.5. The van der Waals surface area contributed by atoms with E-state index in [1.165, 1.54) is 12.1 Å². The average molecular weight is 274 g/mol. The molecule has 0 aliphatic rings. The smallest absolute Gasteiger partial charge is 0.387 e. The average Bonchev–Trinajstić information content (AvgIpc) is 2.36. The van der Waals surface area contributed by atoms with E-state index in [4.69, 9.17) is 4.74 Å². The monoisotopic (exact) mass is 274 g/mol. The number of alkyl halides is 2. The lowest BCUT2D eigenvalue weighted by molar-refractivity contribution is -0.115. The predicted octanol–water partition coefficient (Wildman–Crippen LogP) is 1.46. The van der Waals surface area contributed by atoms with Gasteiger partial charge in [-0.25, -0.2) is 0 Å². The van der Waals surface area contributed by atoms with E-state index < -0.39 is 6.61 Å². The lowest BCUT2D eigenvalue weighted by atomic mass is 10.3. The molecular formula is C12H16F2N2O3. The number of nitrogens with one attached hydrogen (secondary N) is 2. The highest BCUT2D eigenvalue weighted by Gasteiger charge is 2.11. The minimum atomic E-state index is -2.93. The summed E-state index contributed by atoms with van der Waals surface area (Å²) in [4.78, 5) is 11.6. The Labute approximate surface area is 109 Å². The lowest BCUT2D eigenvalue weighted by Gasteiger charge is -2.11. The number of hydrogen-bond acceptors (Lipinski definition) is 4. The summed E-state index contributed by atoms with van der Waals surface area (Å²) in [7, 11) is 1.56. The number of amides is 1. The van der Waals surface area contributed by atoms with Gasteiger partial charge in [-0.2, -0.15) is 8.78 Å². The number of carbonyl (C=O) groups excluding carboxylic acids is 1. The van der Waals surface area contributed by atoms with Crippen LogP contribution in [0.1, 0.15) is 0 Å². The van der Waals surface area contributed by atoms with Crippen LogP contribution in [0.25, 0.3) is 0 Å². The van der Waals surface area contributed by atoms with Crippen molar-refractivity contribution in [3.63, 3.8) is 0 Å². The van der Waals surface area contributed by atoms with E-state index in [1.54, 1.807) is 19.2 Å². The van der Waals surface area contributed by atoms with Crippen molar-refractivity contribution in [2.45, 2.75) is 6.61 Å². The second kappa shape index (κ2) is 8.39. The highest BCUT2D eigenvalue weighted by Crippen LogP contribution is 2.25. The number of benzene rings is 1. The van der Waals surface area contributed by atoms with Crippen molar-refractivity contribution in [2.75, 3.05) is 32.1 Å². The summed E-state index contributed by atoms with van der Waals surface area (Å²) in [5, 5.41) is 5.33. The third-order valence-electron chi connectivity index (χ3n) is 2.15. The zero-order chi connectivity index (χ0) is 14.1. The molecule has 0 aliphatic heterocycles. The van der Waals surface area contributed by atoms with Crippen LogP contribution in [0, 0.1) is 0 Å². The molecule has 0 aromatic heterocycles. The van der Waals surface area contributed by atoms with Gasteiger partial charge in [-0.05, 0) is 12.1 Å². The van der Waals surface area contributed by atoms with Crippen molar-refractivity contribution in [1.82, 2.24) is 5.32 Å². The van der Waals surface area contributed by atoms with Crippen LogP contribution >= 0.6 is 0 Å². The Hall–Kier alpha value is -1.73. The molecule has 5 nitrogen and oxygen atoms in total. The number of halogens is 2. The summed E-state index contributed by atoms with van der Waals surface area (Å²) < 4.78 is 33.4. The highest BCUT2D eigenvalue weighted by atomic mass is 19.3. The Bertz CT molecular complexity index is 402. The maximum Gasteiger partial charge on any atom is 0.387 e. The first kappa shape index (κ1) is 15.3. The molecule has 0 fully saturated rings. The largest absolute Gasteiger partial charge is 0.433 e. The van der Waals surface area contributed by atoms with E-state index >= 15 is 0 Å². The summed E-state index contributed by atoms with van der Waals surface area (Å²) in [5.41, 5.74) is 0.210. The van der Waals surface area contributed by atoms with Crippen LogP contribution in [-0.4, -0.2) is 39.3 Å². The van der Waals surface area contributed by atoms with E-state index in [0.29, 0.717) is 13.2 Å². The van der Waals surface area contributed by atoms with Crippen LogP contribution in [0.2, 0.25) is 0 Å². The minimum absolute atomic E-state index is 0.0619. The zero-order valence-electron chi connectivity index (χ0n) is 10.5. The van der Waals surface area contributed by atoms with Gasteiger partial charge in [-0.3, -0.25) is 4.79 Å². The number of para-hydroxylation sites is 2.